The van der Waals surface area contributed by atoms with Crippen LogP contribution in [0.1, 0.15) is 33.6 Å². The molecule has 1 aliphatic heterocycles. The molecule has 128 valence electrons. The van der Waals surface area contributed by atoms with Crippen LogP contribution in [0.25, 0.3) is 10.9 Å². The average molecular weight is 326 g/mol. The number of likely N-dealkylation sites (N-methyl/N-ethyl adjacent to an activating group) is 1. The SMILES string of the molecule is CN(C(=O)C(C)(C)C)C1CCCN(c2ncnc3ccccc23)C1. The van der Waals surface area contributed by atoms with Crippen molar-refractivity contribution in [2.75, 3.05) is 25.0 Å². The topological polar surface area (TPSA) is 49.3 Å². The minimum atomic E-state index is -0.349. The fourth-order valence-electron chi connectivity index (χ4n) is 3.40. The largest absolute Gasteiger partial charge is 0.354 e. The molecule has 2 heterocycles. The molecule has 1 fully saturated rings. The van der Waals surface area contributed by atoms with Gasteiger partial charge in [-0.15, -0.1) is 0 Å². The molecule has 1 amide bonds. The summed E-state index contributed by atoms with van der Waals surface area (Å²) in [5, 5.41) is 1.07. The Morgan fingerprint density at radius 3 is 2.75 bits per heavy atom. The van der Waals surface area contributed by atoms with Gasteiger partial charge in [0.15, 0.2) is 0 Å². The zero-order valence-electron chi connectivity index (χ0n) is 15.0. The molecule has 1 aliphatic rings. The number of hydrogen-bond acceptors (Lipinski definition) is 4. The number of rotatable bonds is 2. The third kappa shape index (κ3) is 3.21. The maximum atomic E-state index is 12.6. The number of anilines is 1. The molecule has 1 unspecified atom stereocenters. The highest BCUT2D eigenvalue weighted by molar-refractivity contribution is 5.89. The number of hydrogen-bond donors (Lipinski definition) is 0. The van der Waals surface area contributed by atoms with Gasteiger partial charge in [0.05, 0.1) is 5.52 Å². The number of benzene rings is 1. The maximum absolute atomic E-state index is 12.6. The molecular formula is C19H26N4O. The van der Waals surface area contributed by atoms with Gasteiger partial charge in [0.25, 0.3) is 0 Å². The summed E-state index contributed by atoms with van der Waals surface area (Å²) in [6.07, 6.45) is 3.73. The van der Waals surface area contributed by atoms with E-state index >= 15 is 0 Å². The molecule has 0 bridgehead atoms. The molecule has 0 radical (unpaired) electrons. The standard InChI is InChI=1S/C19H26N4O/c1-19(2,3)18(24)22(4)14-8-7-11-23(12-14)17-15-9-5-6-10-16(15)20-13-21-17/h5-6,9-10,13-14H,7-8,11-12H2,1-4H3. The van der Waals surface area contributed by atoms with Gasteiger partial charge >= 0.3 is 0 Å². The molecule has 24 heavy (non-hydrogen) atoms. The van der Waals surface area contributed by atoms with E-state index in [9.17, 15) is 4.79 Å². The van der Waals surface area contributed by atoms with Gasteiger partial charge < -0.3 is 9.80 Å². The Kier molecular flexibility index (Phi) is 4.43. The first-order valence-electron chi connectivity index (χ1n) is 8.60. The second-order valence-corrected chi connectivity index (χ2v) is 7.62. The molecule has 1 atom stereocenters. The predicted molar refractivity (Wildman–Crippen MR) is 97.0 cm³/mol. The highest BCUT2D eigenvalue weighted by Gasteiger charge is 2.32. The third-order valence-corrected chi connectivity index (χ3v) is 4.73. The van der Waals surface area contributed by atoms with Gasteiger partial charge in [-0.2, -0.15) is 0 Å². The van der Waals surface area contributed by atoms with Gasteiger partial charge in [-0.3, -0.25) is 4.79 Å². The van der Waals surface area contributed by atoms with Crippen LogP contribution in [-0.2, 0) is 4.79 Å². The van der Waals surface area contributed by atoms with Gasteiger partial charge in [0.2, 0.25) is 5.91 Å². The monoisotopic (exact) mass is 326 g/mol. The van der Waals surface area contributed by atoms with Crippen LogP contribution >= 0.6 is 0 Å². The van der Waals surface area contributed by atoms with E-state index in [1.165, 1.54) is 0 Å². The molecule has 0 aliphatic carbocycles. The van der Waals surface area contributed by atoms with E-state index in [4.69, 9.17) is 0 Å². The smallest absolute Gasteiger partial charge is 0.227 e. The van der Waals surface area contributed by atoms with Gasteiger partial charge in [-0.1, -0.05) is 32.9 Å². The molecular weight excluding hydrogens is 300 g/mol. The van der Waals surface area contributed by atoms with Crippen molar-refractivity contribution in [3.63, 3.8) is 0 Å². The normalized spacial score (nSPS) is 18.7. The Morgan fingerprint density at radius 2 is 2.00 bits per heavy atom. The summed E-state index contributed by atoms with van der Waals surface area (Å²) >= 11 is 0. The third-order valence-electron chi connectivity index (χ3n) is 4.73. The van der Waals surface area contributed by atoms with Crippen LogP contribution in [0.2, 0.25) is 0 Å². The number of carbonyl (C=O) groups excluding carboxylic acids is 1. The Balaban J connectivity index is 1.84. The van der Waals surface area contributed by atoms with Crippen molar-refractivity contribution in [3.8, 4) is 0 Å². The van der Waals surface area contributed by atoms with Crippen LogP contribution in [0.3, 0.4) is 0 Å². The van der Waals surface area contributed by atoms with E-state index < -0.39 is 0 Å². The lowest BCUT2D eigenvalue weighted by Gasteiger charge is -2.40. The lowest BCUT2D eigenvalue weighted by molar-refractivity contribution is -0.140. The summed E-state index contributed by atoms with van der Waals surface area (Å²) in [6.45, 7) is 7.72. The Bertz CT molecular complexity index is 732. The maximum Gasteiger partial charge on any atom is 0.227 e. The second-order valence-electron chi connectivity index (χ2n) is 7.62. The van der Waals surface area contributed by atoms with Crippen molar-refractivity contribution in [1.82, 2.24) is 14.9 Å². The molecule has 0 spiro atoms. The molecule has 1 aromatic carbocycles. The summed E-state index contributed by atoms with van der Waals surface area (Å²) in [5.41, 5.74) is 0.613. The number of fused-ring (bicyclic) bond motifs is 1. The predicted octanol–water partition coefficient (Wildman–Crippen LogP) is 3.10. The van der Waals surface area contributed by atoms with Gasteiger partial charge in [0.1, 0.15) is 12.1 Å². The Labute approximate surface area is 143 Å². The summed E-state index contributed by atoms with van der Waals surface area (Å²) < 4.78 is 0. The van der Waals surface area contributed by atoms with Crippen LogP contribution < -0.4 is 4.90 Å². The molecule has 3 rings (SSSR count). The second kappa shape index (κ2) is 6.38. The summed E-state index contributed by atoms with van der Waals surface area (Å²) in [7, 11) is 1.93. The molecule has 1 aromatic heterocycles. The van der Waals surface area contributed by atoms with E-state index in [2.05, 4.69) is 20.9 Å². The van der Waals surface area contributed by atoms with Crippen molar-refractivity contribution in [3.05, 3.63) is 30.6 Å². The number of carbonyl (C=O) groups is 1. The fourth-order valence-corrected chi connectivity index (χ4v) is 3.40. The Hall–Kier alpha value is -2.17. The number of aromatic nitrogens is 2. The molecule has 5 nitrogen and oxygen atoms in total. The van der Waals surface area contributed by atoms with E-state index in [0.717, 1.165) is 42.7 Å². The lowest BCUT2D eigenvalue weighted by atomic mass is 9.93. The minimum Gasteiger partial charge on any atom is -0.354 e. The van der Waals surface area contributed by atoms with E-state index in [1.807, 2.05) is 50.9 Å². The number of para-hydroxylation sites is 1. The molecule has 2 aromatic rings. The zero-order valence-corrected chi connectivity index (χ0v) is 15.0. The average Bonchev–Trinajstić information content (AvgIpc) is 2.59. The van der Waals surface area contributed by atoms with Crippen molar-refractivity contribution in [2.45, 2.75) is 39.7 Å². The van der Waals surface area contributed by atoms with E-state index in [0.29, 0.717) is 0 Å². The van der Waals surface area contributed by atoms with Gasteiger partial charge in [-0.05, 0) is 25.0 Å². The van der Waals surface area contributed by atoms with Crippen molar-refractivity contribution in [2.24, 2.45) is 5.41 Å². The van der Waals surface area contributed by atoms with Crippen LogP contribution in [0.15, 0.2) is 30.6 Å². The van der Waals surface area contributed by atoms with Crippen molar-refractivity contribution >= 4 is 22.6 Å². The highest BCUT2D eigenvalue weighted by atomic mass is 16.2. The molecule has 5 heteroatoms. The zero-order chi connectivity index (χ0) is 17.3. The molecule has 1 saturated heterocycles. The van der Waals surface area contributed by atoms with E-state index in [-0.39, 0.29) is 17.4 Å². The lowest BCUT2D eigenvalue weighted by Crippen LogP contribution is -2.51. The first kappa shape index (κ1) is 16.7. The number of amides is 1. The van der Waals surface area contributed by atoms with Crippen LogP contribution in [-0.4, -0.2) is 47.0 Å². The van der Waals surface area contributed by atoms with Crippen molar-refractivity contribution in [1.29, 1.82) is 0 Å². The first-order chi connectivity index (χ1) is 11.4. The number of nitrogens with zero attached hydrogens (tertiary/aromatic N) is 4. The summed E-state index contributed by atoms with van der Waals surface area (Å²) in [4.78, 5) is 25.7. The van der Waals surface area contributed by atoms with Crippen LogP contribution in [0.4, 0.5) is 5.82 Å². The summed E-state index contributed by atoms with van der Waals surface area (Å²) in [5.74, 6) is 1.17. The molecule has 0 saturated carbocycles. The summed E-state index contributed by atoms with van der Waals surface area (Å²) in [6, 6.07) is 8.31. The Morgan fingerprint density at radius 1 is 1.25 bits per heavy atom. The van der Waals surface area contributed by atoms with Gasteiger partial charge in [0, 0.05) is 37.0 Å². The van der Waals surface area contributed by atoms with Crippen molar-refractivity contribution < 1.29 is 4.79 Å². The van der Waals surface area contributed by atoms with E-state index in [1.54, 1.807) is 6.33 Å². The fraction of sp³-hybridized carbons (Fsp3) is 0.526. The van der Waals surface area contributed by atoms with Crippen LogP contribution in [0, 0.1) is 5.41 Å². The number of piperidine rings is 1. The minimum absolute atomic E-state index is 0.196. The highest BCUT2D eigenvalue weighted by Crippen LogP contribution is 2.28. The first-order valence-corrected chi connectivity index (χ1v) is 8.60. The van der Waals surface area contributed by atoms with Gasteiger partial charge in [-0.25, -0.2) is 9.97 Å². The quantitative estimate of drug-likeness (QED) is 0.851. The molecule has 0 N–H and O–H groups in total. The van der Waals surface area contributed by atoms with Crippen LogP contribution in [0.5, 0.6) is 0 Å².